The lowest BCUT2D eigenvalue weighted by atomic mass is 10.0. The minimum Gasteiger partial charge on any atom is -0.494 e. The Bertz CT molecular complexity index is 688. The summed E-state index contributed by atoms with van der Waals surface area (Å²) < 4.78 is 5.49. The molecule has 166 valence electrons. The number of piperidine rings is 1. The van der Waals surface area contributed by atoms with Gasteiger partial charge < -0.3 is 19.9 Å². The van der Waals surface area contributed by atoms with Gasteiger partial charge in [-0.05, 0) is 57.5 Å². The molecule has 3 rings (SSSR count). The molecular formula is C23H36N4O3. The molecule has 2 fully saturated rings. The van der Waals surface area contributed by atoms with Crippen molar-refractivity contribution >= 4 is 11.8 Å². The van der Waals surface area contributed by atoms with Crippen molar-refractivity contribution in [1.82, 2.24) is 20.0 Å². The summed E-state index contributed by atoms with van der Waals surface area (Å²) in [7, 11) is 0. The van der Waals surface area contributed by atoms with Crippen LogP contribution in [0, 0.1) is 0 Å². The molecule has 7 heteroatoms. The molecule has 30 heavy (non-hydrogen) atoms. The van der Waals surface area contributed by atoms with Gasteiger partial charge in [0.15, 0.2) is 0 Å². The fourth-order valence-corrected chi connectivity index (χ4v) is 4.21. The first kappa shape index (κ1) is 22.6. The molecule has 1 atom stereocenters. The molecule has 7 nitrogen and oxygen atoms in total. The largest absolute Gasteiger partial charge is 0.494 e. The van der Waals surface area contributed by atoms with E-state index >= 15 is 0 Å². The van der Waals surface area contributed by atoms with Crippen LogP contribution in [0.1, 0.15) is 43.5 Å². The second kappa shape index (κ2) is 11.3. The molecule has 0 saturated carbocycles. The van der Waals surface area contributed by atoms with Gasteiger partial charge in [-0.1, -0.05) is 6.42 Å². The lowest BCUT2D eigenvalue weighted by Gasteiger charge is -2.35. The minimum atomic E-state index is -0.0915. The number of hydrogen-bond acceptors (Lipinski definition) is 5. The van der Waals surface area contributed by atoms with Gasteiger partial charge in [0.05, 0.1) is 6.61 Å². The monoisotopic (exact) mass is 416 g/mol. The summed E-state index contributed by atoms with van der Waals surface area (Å²) in [5.41, 5.74) is 0.596. The van der Waals surface area contributed by atoms with Crippen LogP contribution in [0.25, 0.3) is 0 Å². The summed E-state index contributed by atoms with van der Waals surface area (Å²) in [6, 6.07) is 7.75. The van der Waals surface area contributed by atoms with Gasteiger partial charge in [-0.2, -0.15) is 0 Å². The molecule has 2 saturated heterocycles. The number of rotatable bonds is 8. The molecule has 2 amide bonds. The van der Waals surface area contributed by atoms with E-state index in [-0.39, 0.29) is 18.4 Å². The van der Waals surface area contributed by atoms with Crippen molar-refractivity contribution in [3.8, 4) is 5.75 Å². The van der Waals surface area contributed by atoms with Crippen molar-refractivity contribution in [2.75, 3.05) is 59.0 Å². The number of carbonyl (C=O) groups is 2. The lowest BCUT2D eigenvalue weighted by molar-refractivity contribution is -0.132. The Hall–Kier alpha value is -2.12. The summed E-state index contributed by atoms with van der Waals surface area (Å²) in [6.07, 6.45) is 3.68. The quantitative estimate of drug-likeness (QED) is 0.701. The molecule has 0 radical (unpaired) electrons. The number of hydrogen-bond donors (Lipinski definition) is 1. The third-order valence-electron chi connectivity index (χ3n) is 6.09. The molecule has 0 aromatic heterocycles. The van der Waals surface area contributed by atoms with Crippen LogP contribution in [0.3, 0.4) is 0 Å². The molecule has 0 spiro atoms. The number of benzene rings is 1. The van der Waals surface area contributed by atoms with E-state index in [1.165, 1.54) is 19.3 Å². The number of ether oxygens (including phenoxy) is 1. The Balaban J connectivity index is 1.68. The Morgan fingerprint density at radius 2 is 1.87 bits per heavy atom. The Labute approximate surface area is 180 Å². The normalized spacial score (nSPS) is 20.1. The van der Waals surface area contributed by atoms with E-state index in [0.717, 1.165) is 31.9 Å². The van der Waals surface area contributed by atoms with Crippen LogP contribution in [-0.2, 0) is 4.79 Å². The van der Waals surface area contributed by atoms with E-state index in [1.807, 2.05) is 24.0 Å². The van der Waals surface area contributed by atoms with E-state index in [4.69, 9.17) is 4.74 Å². The zero-order chi connectivity index (χ0) is 21.3. The van der Waals surface area contributed by atoms with E-state index in [0.29, 0.717) is 37.8 Å². The minimum absolute atomic E-state index is 0.0301. The van der Waals surface area contributed by atoms with Crippen LogP contribution in [0.15, 0.2) is 24.3 Å². The van der Waals surface area contributed by atoms with Crippen LogP contribution >= 0.6 is 0 Å². The predicted molar refractivity (Wildman–Crippen MR) is 118 cm³/mol. The zero-order valence-electron chi connectivity index (χ0n) is 18.4. The van der Waals surface area contributed by atoms with Crippen molar-refractivity contribution in [3.05, 3.63) is 29.8 Å². The van der Waals surface area contributed by atoms with Gasteiger partial charge in [-0.25, -0.2) is 0 Å². The molecule has 2 aliphatic rings. The fraction of sp³-hybridized carbons (Fsp3) is 0.652. The van der Waals surface area contributed by atoms with Gasteiger partial charge in [0, 0.05) is 50.9 Å². The van der Waals surface area contributed by atoms with E-state index in [2.05, 4.69) is 17.1 Å². The number of nitrogens with one attached hydrogen (secondary N) is 1. The average molecular weight is 417 g/mol. The molecule has 0 unspecified atom stereocenters. The second-order valence-electron chi connectivity index (χ2n) is 8.20. The standard InChI is InChI=1S/C23H36N4O3/c1-3-30-21-9-7-20(8-10-21)23(29)27(17-16-25-13-5-4-6-19(25)2)18-22(28)26-14-11-24-12-15-26/h7-10,19,24H,3-6,11-18H2,1-2H3/t19-/m0/s1. The summed E-state index contributed by atoms with van der Waals surface area (Å²) in [5, 5.41) is 3.27. The van der Waals surface area contributed by atoms with Gasteiger partial charge in [-0.3, -0.25) is 14.5 Å². The Kier molecular flexibility index (Phi) is 8.51. The summed E-state index contributed by atoms with van der Waals surface area (Å²) in [5.74, 6) is 0.688. The highest BCUT2D eigenvalue weighted by Gasteiger charge is 2.25. The summed E-state index contributed by atoms with van der Waals surface area (Å²) in [4.78, 5) is 32.2. The first-order chi connectivity index (χ1) is 14.6. The SMILES string of the molecule is CCOc1ccc(C(=O)N(CCN2CCCC[C@@H]2C)CC(=O)N2CCNCC2)cc1. The second-order valence-corrected chi connectivity index (χ2v) is 8.20. The predicted octanol–water partition coefficient (Wildman–Crippen LogP) is 1.83. The number of amides is 2. The number of carbonyl (C=O) groups excluding carboxylic acids is 2. The molecule has 2 aliphatic heterocycles. The highest BCUT2D eigenvalue weighted by Crippen LogP contribution is 2.17. The van der Waals surface area contributed by atoms with Gasteiger partial charge >= 0.3 is 0 Å². The molecule has 0 bridgehead atoms. The molecule has 1 N–H and O–H groups in total. The molecule has 2 heterocycles. The fourth-order valence-electron chi connectivity index (χ4n) is 4.21. The average Bonchev–Trinajstić information content (AvgIpc) is 2.78. The number of likely N-dealkylation sites (tertiary alicyclic amines) is 1. The molecule has 0 aliphatic carbocycles. The first-order valence-electron chi connectivity index (χ1n) is 11.3. The van der Waals surface area contributed by atoms with Crippen LogP contribution in [0.5, 0.6) is 5.75 Å². The van der Waals surface area contributed by atoms with Gasteiger partial charge in [0.1, 0.15) is 12.3 Å². The Morgan fingerprint density at radius 3 is 2.53 bits per heavy atom. The maximum absolute atomic E-state index is 13.3. The van der Waals surface area contributed by atoms with Crippen LogP contribution in [0.4, 0.5) is 0 Å². The third-order valence-corrected chi connectivity index (χ3v) is 6.09. The summed E-state index contributed by atoms with van der Waals surface area (Å²) >= 11 is 0. The zero-order valence-corrected chi connectivity index (χ0v) is 18.4. The van der Waals surface area contributed by atoms with Crippen LogP contribution in [0.2, 0.25) is 0 Å². The van der Waals surface area contributed by atoms with Crippen molar-refractivity contribution in [1.29, 1.82) is 0 Å². The van der Waals surface area contributed by atoms with Gasteiger partial charge in [-0.15, -0.1) is 0 Å². The third kappa shape index (κ3) is 6.19. The smallest absolute Gasteiger partial charge is 0.254 e. The highest BCUT2D eigenvalue weighted by atomic mass is 16.5. The molecular weight excluding hydrogens is 380 g/mol. The topological polar surface area (TPSA) is 65.1 Å². The van der Waals surface area contributed by atoms with Gasteiger partial charge in [0.25, 0.3) is 5.91 Å². The van der Waals surface area contributed by atoms with E-state index in [9.17, 15) is 9.59 Å². The first-order valence-corrected chi connectivity index (χ1v) is 11.3. The Morgan fingerprint density at radius 1 is 1.13 bits per heavy atom. The maximum Gasteiger partial charge on any atom is 0.254 e. The van der Waals surface area contributed by atoms with Crippen LogP contribution < -0.4 is 10.1 Å². The van der Waals surface area contributed by atoms with Crippen molar-refractivity contribution in [2.45, 2.75) is 39.2 Å². The number of piperazine rings is 1. The summed E-state index contributed by atoms with van der Waals surface area (Å²) in [6.45, 7) is 10.4. The van der Waals surface area contributed by atoms with E-state index < -0.39 is 0 Å². The van der Waals surface area contributed by atoms with Crippen molar-refractivity contribution in [2.24, 2.45) is 0 Å². The lowest BCUT2D eigenvalue weighted by Crippen LogP contribution is -2.51. The van der Waals surface area contributed by atoms with Crippen LogP contribution in [-0.4, -0.2) is 91.5 Å². The highest BCUT2D eigenvalue weighted by molar-refractivity contribution is 5.96. The molecule has 1 aromatic carbocycles. The van der Waals surface area contributed by atoms with E-state index in [1.54, 1.807) is 17.0 Å². The maximum atomic E-state index is 13.3. The molecule has 1 aromatic rings. The van der Waals surface area contributed by atoms with Crippen molar-refractivity contribution in [3.63, 3.8) is 0 Å². The van der Waals surface area contributed by atoms with Crippen molar-refractivity contribution < 1.29 is 14.3 Å². The van der Waals surface area contributed by atoms with Gasteiger partial charge in [0.2, 0.25) is 5.91 Å². The number of nitrogens with zero attached hydrogens (tertiary/aromatic N) is 3.